The molecule has 0 aliphatic heterocycles. The number of aliphatic hydroxyl groups excluding tert-OH is 1. The monoisotopic (exact) mass is 382 g/mol. The standard InChI is InChI=1S/C27H42O/c1-18(2)8-6-9-19(3)22-14-15-23-21-13-12-20-10-7-11-25(28)27(20,5)24(21)16-17-26(22,23)4/h8,12-13,19,22-25,28H,6-7,9-11,14-17H2,1-5H3/t19-,22-,23+,24+,25+,26-,27+/m1/s1. The zero-order valence-corrected chi connectivity index (χ0v) is 18.9. The first-order chi connectivity index (χ1) is 13.3. The van der Waals surface area contributed by atoms with Crippen molar-refractivity contribution >= 4 is 0 Å². The fourth-order valence-corrected chi connectivity index (χ4v) is 7.87. The molecule has 0 unspecified atom stereocenters. The van der Waals surface area contributed by atoms with Crippen molar-refractivity contribution in [2.24, 2.45) is 34.5 Å². The summed E-state index contributed by atoms with van der Waals surface area (Å²) < 4.78 is 0. The van der Waals surface area contributed by atoms with Gasteiger partial charge in [0.1, 0.15) is 0 Å². The lowest BCUT2D eigenvalue weighted by Crippen LogP contribution is -2.50. The predicted octanol–water partition coefficient (Wildman–Crippen LogP) is 7.23. The molecule has 1 heteroatoms. The highest BCUT2D eigenvalue weighted by atomic mass is 16.3. The Bertz CT molecular complexity index is 693. The summed E-state index contributed by atoms with van der Waals surface area (Å²) in [6.07, 6.45) is 18.5. The molecule has 156 valence electrons. The van der Waals surface area contributed by atoms with E-state index in [9.17, 15) is 5.11 Å². The van der Waals surface area contributed by atoms with Gasteiger partial charge in [-0.2, -0.15) is 0 Å². The first-order valence-electron chi connectivity index (χ1n) is 12.0. The fraction of sp³-hybridized carbons (Fsp3) is 0.778. The molecule has 7 atom stereocenters. The van der Waals surface area contributed by atoms with Crippen LogP contribution in [0.25, 0.3) is 0 Å². The molecule has 0 aromatic carbocycles. The second kappa shape index (κ2) is 7.46. The summed E-state index contributed by atoms with van der Waals surface area (Å²) in [5.41, 5.74) is 5.18. The minimum absolute atomic E-state index is 0.0107. The van der Waals surface area contributed by atoms with Crippen molar-refractivity contribution in [3.63, 3.8) is 0 Å². The van der Waals surface area contributed by atoms with Crippen molar-refractivity contribution in [3.8, 4) is 0 Å². The molecule has 3 fully saturated rings. The number of aliphatic hydroxyl groups is 1. The van der Waals surface area contributed by atoms with E-state index in [2.05, 4.69) is 52.8 Å². The Morgan fingerprint density at radius 2 is 1.93 bits per heavy atom. The molecule has 4 aliphatic carbocycles. The molecule has 4 rings (SSSR count). The van der Waals surface area contributed by atoms with Gasteiger partial charge < -0.3 is 5.11 Å². The molecule has 0 spiro atoms. The molecule has 1 N–H and O–H groups in total. The third-order valence-electron chi connectivity index (χ3n) is 9.56. The van der Waals surface area contributed by atoms with E-state index in [1.165, 1.54) is 56.1 Å². The molecule has 3 saturated carbocycles. The van der Waals surface area contributed by atoms with Gasteiger partial charge in [0.25, 0.3) is 0 Å². The Balaban J connectivity index is 1.57. The van der Waals surface area contributed by atoms with E-state index in [0.717, 1.165) is 30.6 Å². The van der Waals surface area contributed by atoms with E-state index in [0.29, 0.717) is 11.3 Å². The molecule has 0 radical (unpaired) electrons. The highest BCUT2D eigenvalue weighted by Crippen LogP contribution is 2.66. The lowest BCUT2D eigenvalue weighted by molar-refractivity contribution is -0.0245. The predicted molar refractivity (Wildman–Crippen MR) is 119 cm³/mol. The van der Waals surface area contributed by atoms with Crippen LogP contribution >= 0.6 is 0 Å². The Morgan fingerprint density at radius 1 is 1.14 bits per heavy atom. The normalized spacial score (nSPS) is 43.2. The van der Waals surface area contributed by atoms with Crippen molar-refractivity contribution < 1.29 is 5.11 Å². The van der Waals surface area contributed by atoms with Gasteiger partial charge in [0.2, 0.25) is 0 Å². The van der Waals surface area contributed by atoms with Crippen LogP contribution in [0.4, 0.5) is 0 Å². The third kappa shape index (κ3) is 3.08. The maximum atomic E-state index is 11.0. The minimum Gasteiger partial charge on any atom is -0.392 e. The summed E-state index contributed by atoms with van der Waals surface area (Å²) in [5, 5.41) is 11.0. The SMILES string of the molecule is CC(C)=CCC[C@@H](C)[C@H]1CC[C@H]2C3=CC=C4CCC[C@H](O)[C@]4(C)[C@H]3CC[C@]12C. The lowest BCUT2D eigenvalue weighted by Gasteiger charge is -2.56. The Kier molecular flexibility index (Phi) is 5.45. The second-order valence-electron chi connectivity index (χ2n) is 11.2. The van der Waals surface area contributed by atoms with Crippen LogP contribution in [0, 0.1) is 34.5 Å². The first kappa shape index (κ1) is 20.5. The van der Waals surface area contributed by atoms with Crippen LogP contribution in [0.3, 0.4) is 0 Å². The summed E-state index contributed by atoms with van der Waals surface area (Å²) in [6, 6.07) is 0. The maximum Gasteiger partial charge on any atom is 0.0636 e. The van der Waals surface area contributed by atoms with E-state index in [4.69, 9.17) is 0 Å². The average molecular weight is 383 g/mol. The van der Waals surface area contributed by atoms with E-state index in [-0.39, 0.29) is 11.5 Å². The molecule has 0 aromatic rings. The van der Waals surface area contributed by atoms with Crippen LogP contribution in [-0.2, 0) is 0 Å². The molecule has 28 heavy (non-hydrogen) atoms. The highest BCUT2D eigenvalue weighted by molar-refractivity contribution is 5.39. The fourth-order valence-electron chi connectivity index (χ4n) is 7.87. The van der Waals surface area contributed by atoms with Gasteiger partial charge in [0.15, 0.2) is 0 Å². The summed E-state index contributed by atoms with van der Waals surface area (Å²) in [5.74, 6) is 3.00. The van der Waals surface area contributed by atoms with Crippen LogP contribution in [0.15, 0.2) is 34.9 Å². The van der Waals surface area contributed by atoms with Crippen molar-refractivity contribution in [2.45, 2.75) is 98.5 Å². The largest absolute Gasteiger partial charge is 0.392 e. The quantitative estimate of drug-likeness (QED) is 0.508. The molecule has 0 heterocycles. The van der Waals surface area contributed by atoms with Crippen molar-refractivity contribution in [1.82, 2.24) is 0 Å². The highest BCUT2D eigenvalue weighted by Gasteiger charge is 2.58. The third-order valence-corrected chi connectivity index (χ3v) is 9.56. The van der Waals surface area contributed by atoms with Crippen LogP contribution in [0.5, 0.6) is 0 Å². The molecule has 0 saturated heterocycles. The molecule has 0 amide bonds. The topological polar surface area (TPSA) is 20.2 Å². The van der Waals surface area contributed by atoms with Crippen LogP contribution < -0.4 is 0 Å². The number of hydrogen-bond donors (Lipinski definition) is 1. The van der Waals surface area contributed by atoms with E-state index < -0.39 is 0 Å². The summed E-state index contributed by atoms with van der Waals surface area (Å²) >= 11 is 0. The van der Waals surface area contributed by atoms with Gasteiger partial charge in [-0.05, 0) is 101 Å². The molecule has 0 bridgehead atoms. The molecule has 0 aromatic heterocycles. The number of fused-ring (bicyclic) bond motifs is 5. The van der Waals surface area contributed by atoms with Gasteiger partial charge in [0.05, 0.1) is 6.10 Å². The van der Waals surface area contributed by atoms with Gasteiger partial charge in [-0.1, -0.05) is 55.7 Å². The Labute approximate surface area is 173 Å². The zero-order valence-electron chi connectivity index (χ0n) is 18.9. The first-order valence-corrected chi connectivity index (χ1v) is 12.0. The smallest absolute Gasteiger partial charge is 0.0636 e. The second-order valence-corrected chi connectivity index (χ2v) is 11.2. The van der Waals surface area contributed by atoms with Crippen molar-refractivity contribution in [1.29, 1.82) is 0 Å². The lowest BCUT2D eigenvalue weighted by atomic mass is 9.49. The van der Waals surface area contributed by atoms with E-state index in [1.54, 1.807) is 5.57 Å². The molecular weight excluding hydrogens is 340 g/mol. The van der Waals surface area contributed by atoms with E-state index >= 15 is 0 Å². The molecular formula is C27H42O. The average Bonchev–Trinajstić information content (AvgIpc) is 3.00. The van der Waals surface area contributed by atoms with Gasteiger partial charge >= 0.3 is 0 Å². The minimum atomic E-state index is -0.147. The van der Waals surface area contributed by atoms with Gasteiger partial charge in [0, 0.05) is 5.41 Å². The van der Waals surface area contributed by atoms with Crippen molar-refractivity contribution in [3.05, 3.63) is 34.9 Å². The van der Waals surface area contributed by atoms with Crippen LogP contribution in [0.1, 0.15) is 92.4 Å². The van der Waals surface area contributed by atoms with Gasteiger partial charge in [-0.15, -0.1) is 0 Å². The number of hydrogen-bond acceptors (Lipinski definition) is 1. The van der Waals surface area contributed by atoms with E-state index in [1.807, 2.05) is 0 Å². The Hall–Kier alpha value is -0.820. The van der Waals surface area contributed by atoms with Crippen LogP contribution in [0.2, 0.25) is 0 Å². The Morgan fingerprint density at radius 3 is 2.68 bits per heavy atom. The van der Waals surface area contributed by atoms with Crippen LogP contribution in [-0.4, -0.2) is 11.2 Å². The number of allylic oxidation sites excluding steroid dienone is 5. The number of rotatable bonds is 4. The summed E-state index contributed by atoms with van der Waals surface area (Å²) in [6.45, 7) is 12.0. The zero-order chi connectivity index (χ0) is 20.1. The molecule has 1 nitrogen and oxygen atoms in total. The summed E-state index contributed by atoms with van der Waals surface area (Å²) in [4.78, 5) is 0. The summed E-state index contributed by atoms with van der Waals surface area (Å²) in [7, 11) is 0. The molecule has 4 aliphatic rings. The van der Waals surface area contributed by atoms with Gasteiger partial charge in [-0.25, -0.2) is 0 Å². The van der Waals surface area contributed by atoms with Crippen molar-refractivity contribution in [2.75, 3.05) is 0 Å². The van der Waals surface area contributed by atoms with Gasteiger partial charge in [-0.3, -0.25) is 0 Å². The maximum absolute atomic E-state index is 11.0.